The number of benzene rings is 4. The number of aliphatic hydroxyl groups is 2. The summed E-state index contributed by atoms with van der Waals surface area (Å²) in [5.41, 5.74) is 2.03. The number of anilines is 1. The van der Waals surface area contributed by atoms with Crippen molar-refractivity contribution in [3.05, 3.63) is 87.4 Å². The number of fused-ring (bicyclic) bond motifs is 4. The highest BCUT2D eigenvalue weighted by molar-refractivity contribution is 9.10. The zero-order chi connectivity index (χ0) is 31.1. The first-order valence-corrected chi connectivity index (χ1v) is 14.5. The fraction of sp³-hybridized carbons (Fsp3) is 0.219. The van der Waals surface area contributed by atoms with Gasteiger partial charge in [-0.1, -0.05) is 30.3 Å². The molecule has 0 radical (unpaired) electrons. The van der Waals surface area contributed by atoms with Crippen LogP contribution in [0, 0.1) is 11.3 Å². The Bertz CT molecular complexity index is 1890. The molecule has 0 fully saturated rings. The highest BCUT2D eigenvalue weighted by atomic mass is 79.9. The van der Waals surface area contributed by atoms with E-state index in [0.717, 1.165) is 16.2 Å². The number of ether oxygens (including phenoxy) is 1. The molecule has 6 rings (SSSR count). The molecule has 2 atom stereocenters. The van der Waals surface area contributed by atoms with Crippen LogP contribution >= 0.6 is 15.9 Å². The Morgan fingerprint density at radius 3 is 2.64 bits per heavy atom. The first-order valence-electron chi connectivity index (χ1n) is 13.7. The highest BCUT2D eigenvalue weighted by Crippen LogP contribution is 2.45. The molecule has 0 saturated heterocycles. The van der Waals surface area contributed by atoms with Gasteiger partial charge in [0.05, 0.1) is 38.3 Å². The number of azo groups is 1. The first kappa shape index (κ1) is 29.3. The number of phenolic OH excluding ortho intramolecular Hbond substituents is 1. The molecular formula is C32H26BrN5O6. The average molecular weight is 656 g/mol. The minimum Gasteiger partial charge on any atom is -0.507 e. The Balaban J connectivity index is 1.39. The van der Waals surface area contributed by atoms with E-state index in [2.05, 4.69) is 26.2 Å². The number of carbonyl (C=O) groups excluding carboxylic acids is 2. The van der Waals surface area contributed by atoms with Gasteiger partial charge in [0.15, 0.2) is 0 Å². The zero-order valence-corrected chi connectivity index (χ0v) is 25.0. The molecular weight excluding hydrogens is 630 g/mol. The van der Waals surface area contributed by atoms with Crippen molar-refractivity contribution in [3.8, 4) is 17.6 Å². The normalized spacial score (nSPS) is 16.8. The maximum Gasteiger partial charge on any atom is 0.262 e. The van der Waals surface area contributed by atoms with Crippen molar-refractivity contribution in [2.45, 2.75) is 18.6 Å². The summed E-state index contributed by atoms with van der Waals surface area (Å²) >= 11 is 3.36. The van der Waals surface area contributed by atoms with Crippen molar-refractivity contribution in [1.29, 1.82) is 5.26 Å². The first-order chi connectivity index (χ1) is 21.2. The van der Waals surface area contributed by atoms with Crippen molar-refractivity contribution in [2.75, 3.05) is 31.6 Å². The summed E-state index contributed by atoms with van der Waals surface area (Å²) in [6.45, 7) is 0.468. The Labute approximate surface area is 260 Å². The number of nitrogens with zero attached hydrogens (tertiary/aromatic N) is 5. The minimum absolute atomic E-state index is 0.0376. The van der Waals surface area contributed by atoms with Crippen molar-refractivity contribution >= 4 is 55.6 Å². The van der Waals surface area contributed by atoms with Crippen LogP contribution in [0.3, 0.4) is 0 Å². The van der Waals surface area contributed by atoms with Crippen molar-refractivity contribution in [1.82, 2.24) is 4.90 Å². The number of halogens is 1. The monoisotopic (exact) mass is 655 g/mol. The van der Waals surface area contributed by atoms with Gasteiger partial charge in [-0.05, 0) is 51.8 Å². The summed E-state index contributed by atoms with van der Waals surface area (Å²) in [4.78, 5) is 28.1. The predicted octanol–water partition coefficient (Wildman–Crippen LogP) is 4.98. The van der Waals surface area contributed by atoms with Crippen LogP contribution in [0.15, 0.2) is 75.4 Å². The molecule has 44 heavy (non-hydrogen) atoms. The van der Waals surface area contributed by atoms with E-state index in [0.29, 0.717) is 22.9 Å². The van der Waals surface area contributed by atoms with E-state index in [4.69, 9.17) is 4.74 Å². The summed E-state index contributed by atoms with van der Waals surface area (Å²) < 4.78 is 5.89. The van der Waals surface area contributed by atoms with Gasteiger partial charge in [0.25, 0.3) is 11.8 Å². The number of rotatable bonds is 7. The molecule has 2 amide bonds. The third kappa shape index (κ3) is 5.15. The molecule has 222 valence electrons. The fourth-order valence-corrected chi connectivity index (χ4v) is 6.36. The third-order valence-electron chi connectivity index (χ3n) is 7.66. The molecule has 0 bridgehead atoms. The lowest BCUT2D eigenvalue weighted by Gasteiger charge is -2.36. The van der Waals surface area contributed by atoms with Gasteiger partial charge in [0.2, 0.25) is 0 Å². The standard InChI is InChI=1S/C32H26BrN5O6/c1-37-31(42)23-11-18(13-34)29(28(33)27(23)32(37)43)36-35-24-12-17-10-19(39)14-38(30(17)22-8-5-9-25(41)26(22)24)15-20(40)16-44-21-6-3-2-4-7-21/h2-9,11-12,19-20,39-41H,10,14-16H2,1H3/b36-35+. The van der Waals surface area contributed by atoms with Gasteiger partial charge in [-0.3, -0.25) is 14.5 Å². The van der Waals surface area contributed by atoms with Crippen LogP contribution in [0.2, 0.25) is 0 Å². The SMILES string of the molecule is CN1C(=O)c2cc(C#N)c(/N=N/c3cc4c(c5cccc(O)c35)N(CC(O)COc3ccccc3)CC(O)C4)c(Br)c2C1=O. The van der Waals surface area contributed by atoms with E-state index < -0.39 is 24.0 Å². The second-order valence-electron chi connectivity index (χ2n) is 10.6. The number of carbonyl (C=O) groups is 2. The van der Waals surface area contributed by atoms with Gasteiger partial charge in [-0.2, -0.15) is 5.26 Å². The molecule has 2 unspecified atom stereocenters. The quantitative estimate of drug-likeness (QED) is 0.186. The number of nitriles is 1. The Morgan fingerprint density at radius 1 is 1.11 bits per heavy atom. The number of aromatic hydroxyl groups is 1. The highest BCUT2D eigenvalue weighted by Gasteiger charge is 2.37. The molecule has 11 nitrogen and oxygen atoms in total. The van der Waals surface area contributed by atoms with Crippen LogP contribution in [0.25, 0.3) is 10.8 Å². The number of hydrogen-bond acceptors (Lipinski definition) is 10. The Morgan fingerprint density at radius 2 is 1.89 bits per heavy atom. The number of aliphatic hydroxyl groups excluding tert-OH is 2. The van der Waals surface area contributed by atoms with Crippen LogP contribution < -0.4 is 9.64 Å². The van der Waals surface area contributed by atoms with E-state index >= 15 is 0 Å². The molecule has 4 aromatic rings. The molecule has 2 aliphatic rings. The molecule has 0 aromatic heterocycles. The van der Waals surface area contributed by atoms with Crippen LogP contribution in [-0.2, 0) is 6.42 Å². The topological polar surface area (TPSA) is 159 Å². The summed E-state index contributed by atoms with van der Waals surface area (Å²) in [7, 11) is 1.36. The van der Waals surface area contributed by atoms with Crippen LogP contribution in [0.1, 0.15) is 31.8 Å². The third-order valence-corrected chi connectivity index (χ3v) is 8.43. The fourth-order valence-electron chi connectivity index (χ4n) is 5.68. The van der Waals surface area contributed by atoms with E-state index in [1.165, 1.54) is 19.2 Å². The zero-order valence-electron chi connectivity index (χ0n) is 23.4. The van der Waals surface area contributed by atoms with E-state index in [1.54, 1.807) is 24.3 Å². The molecule has 0 aliphatic carbocycles. The van der Waals surface area contributed by atoms with Crippen LogP contribution in [-0.4, -0.2) is 71.0 Å². The van der Waals surface area contributed by atoms with Gasteiger partial charge >= 0.3 is 0 Å². The number of hydrogen-bond donors (Lipinski definition) is 3. The molecule has 3 N–H and O–H groups in total. The second kappa shape index (κ2) is 11.7. The van der Waals surface area contributed by atoms with Crippen molar-refractivity contribution < 1.29 is 29.6 Å². The van der Waals surface area contributed by atoms with Gasteiger partial charge in [0.1, 0.15) is 36.0 Å². The van der Waals surface area contributed by atoms with Crippen LogP contribution in [0.5, 0.6) is 11.5 Å². The molecule has 0 saturated carbocycles. The van der Waals surface area contributed by atoms with Crippen molar-refractivity contribution in [2.24, 2.45) is 10.2 Å². The Kier molecular flexibility index (Phi) is 7.77. The lowest BCUT2D eigenvalue weighted by atomic mass is 9.93. The van der Waals surface area contributed by atoms with E-state index in [9.17, 15) is 30.2 Å². The molecule has 12 heteroatoms. The molecule has 2 heterocycles. The van der Waals surface area contributed by atoms with E-state index in [-0.39, 0.29) is 58.0 Å². The Hall–Kier alpha value is -4.83. The number of para-hydroxylation sites is 1. The van der Waals surface area contributed by atoms with E-state index in [1.807, 2.05) is 35.2 Å². The number of imide groups is 1. The smallest absolute Gasteiger partial charge is 0.262 e. The molecule has 2 aliphatic heterocycles. The van der Waals surface area contributed by atoms with Crippen LogP contribution in [0.4, 0.5) is 17.1 Å². The van der Waals surface area contributed by atoms with Gasteiger partial charge in [-0.15, -0.1) is 10.2 Å². The average Bonchev–Trinajstić information content (AvgIpc) is 3.23. The second-order valence-corrected chi connectivity index (χ2v) is 11.4. The van der Waals surface area contributed by atoms with Gasteiger partial charge in [0, 0.05) is 37.6 Å². The lowest BCUT2D eigenvalue weighted by molar-refractivity contribution is 0.0692. The summed E-state index contributed by atoms with van der Waals surface area (Å²) in [6, 6.07) is 19.2. The largest absolute Gasteiger partial charge is 0.507 e. The van der Waals surface area contributed by atoms with Crippen molar-refractivity contribution in [3.63, 3.8) is 0 Å². The van der Waals surface area contributed by atoms with Gasteiger partial charge < -0.3 is 25.0 Å². The summed E-state index contributed by atoms with van der Waals surface area (Å²) in [5, 5.41) is 52.1. The number of phenols is 1. The summed E-state index contributed by atoms with van der Waals surface area (Å²) in [6.07, 6.45) is -1.32. The minimum atomic E-state index is -0.879. The van der Waals surface area contributed by atoms with Gasteiger partial charge in [-0.25, -0.2) is 0 Å². The molecule has 0 spiro atoms. The predicted molar refractivity (Wildman–Crippen MR) is 165 cm³/mol. The summed E-state index contributed by atoms with van der Waals surface area (Å²) in [5.74, 6) is -0.473. The molecule has 4 aromatic carbocycles. The lowest BCUT2D eigenvalue weighted by Crippen LogP contribution is -2.44. The number of β-amino-alcohol motifs (C(OH)–C–C–N with tert-alkyl or cyclic N) is 2. The maximum atomic E-state index is 12.7. The number of amides is 2. The maximum absolute atomic E-state index is 12.7.